The van der Waals surface area contributed by atoms with Gasteiger partial charge in [0.05, 0.1) is 34.2 Å². The van der Waals surface area contributed by atoms with E-state index in [4.69, 9.17) is 11.6 Å². The number of carbonyl (C=O) groups excluding carboxylic acids is 1. The lowest BCUT2D eigenvalue weighted by atomic mass is 10.2. The number of halogens is 1. The van der Waals surface area contributed by atoms with Gasteiger partial charge in [0.1, 0.15) is 0 Å². The van der Waals surface area contributed by atoms with Crippen molar-refractivity contribution in [2.24, 2.45) is 0 Å². The number of fused-ring (bicyclic) bond motifs is 1. The first-order valence-electron chi connectivity index (χ1n) is 9.14. The fraction of sp³-hybridized carbons (Fsp3) is 0.0909. The molecular weight excluding hydrogens is 420 g/mol. The molecule has 6 nitrogen and oxygen atoms in total. The third-order valence-electron chi connectivity index (χ3n) is 4.50. The van der Waals surface area contributed by atoms with Crippen LogP contribution in [-0.2, 0) is 4.79 Å². The highest BCUT2D eigenvalue weighted by molar-refractivity contribution is 7.99. The number of nitrogens with one attached hydrogen (secondary N) is 1. The second-order valence-electron chi connectivity index (χ2n) is 6.51. The summed E-state index contributed by atoms with van der Waals surface area (Å²) >= 11 is 7.48. The highest BCUT2D eigenvalue weighted by Gasteiger charge is 2.17. The Hall–Kier alpha value is -3.16. The zero-order valence-electron chi connectivity index (χ0n) is 16.0. The molecule has 2 aromatic heterocycles. The maximum atomic E-state index is 13.3. The molecule has 2 aromatic carbocycles. The molecule has 2 heterocycles. The Morgan fingerprint density at radius 3 is 2.77 bits per heavy atom. The van der Waals surface area contributed by atoms with Crippen LogP contribution in [0.3, 0.4) is 0 Å². The van der Waals surface area contributed by atoms with E-state index < -0.39 is 0 Å². The molecule has 0 saturated heterocycles. The third kappa shape index (κ3) is 4.08. The van der Waals surface area contributed by atoms with Crippen molar-refractivity contribution in [1.82, 2.24) is 14.5 Å². The van der Waals surface area contributed by atoms with Gasteiger partial charge in [0.15, 0.2) is 5.16 Å². The number of hydrogen-bond donors (Lipinski definition) is 1. The molecule has 0 unspecified atom stereocenters. The quantitative estimate of drug-likeness (QED) is 0.369. The lowest BCUT2D eigenvalue weighted by molar-refractivity contribution is -0.113. The first-order chi connectivity index (χ1) is 14.5. The second-order valence-corrected chi connectivity index (χ2v) is 7.86. The van der Waals surface area contributed by atoms with E-state index in [1.165, 1.54) is 16.3 Å². The number of rotatable bonds is 5. The van der Waals surface area contributed by atoms with E-state index in [9.17, 15) is 9.59 Å². The summed E-state index contributed by atoms with van der Waals surface area (Å²) < 4.78 is 1.52. The first-order valence-corrected chi connectivity index (χ1v) is 10.5. The standard InChI is InChI=1S/C22H17ClN4O2S/c1-14-17(23)8-4-10-19(14)27-21(29)16-7-2-3-9-18(16)26-22(27)30-13-20(28)25-15-6-5-11-24-12-15/h2-12H,13H2,1H3,(H,25,28). The molecule has 0 radical (unpaired) electrons. The van der Waals surface area contributed by atoms with Crippen molar-refractivity contribution in [2.75, 3.05) is 11.1 Å². The Kier molecular flexibility index (Phi) is 5.83. The van der Waals surface area contributed by atoms with Gasteiger partial charge in [0, 0.05) is 11.2 Å². The van der Waals surface area contributed by atoms with Crippen molar-refractivity contribution in [1.29, 1.82) is 0 Å². The van der Waals surface area contributed by atoms with Gasteiger partial charge in [-0.2, -0.15) is 0 Å². The molecular formula is C22H17ClN4O2S. The lowest BCUT2D eigenvalue weighted by Gasteiger charge is -2.15. The van der Waals surface area contributed by atoms with Gasteiger partial charge >= 0.3 is 0 Å². The molecule has 0 saturated carbocycles. The van der Waals surface area contributed by atoms with Gasteiger partial charge in [-0.05, 0) is 48.9 Å². The van der Waals surface area contributed by atoms with Crippen LogP contribution in [0.25, 0.3) is 16.6 Å². The topological polar surface area (TPSA) is 76.9 Å². The summed E-state index contributed by atoms with van der Waals surface area (Å²) in [7, 11) is 0. The van der Waals surface area contributed by atoms with Crippen molar-refractivity contribution in [2.45, 2.75) is 12.1 Å². The number of nitrogens with zero attached hydrogens (tertiary/aromatic N) is 3. The van der Waals surface area contributed by atoms with E-state index in [1.54, 1.807) is 54.9 Å². The number of anilines is 1. The minimum atomic E-state index is -0.218. The number of para-hydroxylation sites is 1. The number of aromatic nitrogens is 3. The van der Waals surface area contributed by atoms with E-state index in [1.807, 2.05) is 19.1 Å². The van der Waals surface area contributed by atoms with Crippen LogP contribution in [-0.4, -0.2) is 26.2 Å². The van der Waals surface area contributed by atoms with Crippen molar-refractivity contribution in [3.05, 3.63) is 87.9 Å². The molecule has 1 N–H and O–H groups in total. The predicted molar refractivity (Wildman–Crippen MR) is 121 cm³/mol. The fourth-order valence-corrected chi connectivity index (χ4v) is 4.00. The Bertz CT molecular complexity index is 1290. The summed E-state index contributed by atoms with van der Waals surface area (Å²) in [5.41, 5.74) is 2.38. The summed E-state index contributed by atoms with van der Waals surface area (Å²) in [6.45, 7) is 1.85. The molecule has 0 fully saturated rings. The zero-order valence-corrected chi connectivity index (χ0v) is 17.6. The number of carbonyl (C=O) groups is 1. The first kappa shape index (κ1) is 20.1. The molecule has 0 atom stereocenters. The smallest absolute Gasteiger partial charge is 0.266 e. The van der Waals surface area contributed by atoms with Crippen LogP contribution >= 0.6 is 23.4 Å². The Morgan fingerprint density at radius 2 is 1.97 bits per heavy atom. The molecule has 0 spiro atoms. The van der Waals surface area contributed by atoms with Crippen LogP contribution in [0.15, 0.2) is 76.9 Å². The highest BCUT2D eigenvalue weighted by atomic mass is 35.5. The van der Waals surface area contributed by atoms with E-state index >= 15 is 0 Å². The van der Waals surface area contributed by atoms with Gasteiger partial charge in [-0.1, -0.05) is 41.6 Å². The summed E-state index contributed by atoms with van der Waals surface area (Å²) in [5, 5.41) is 4.26. The van der Waals surface area contributed by atoms with Crippen LogP contribution in [0.5, 0.6) is 0 Å². The second kappa shape index (κ2) is 8.69. The normalized spacial score (nSPS) is 10.9. The molecule has 0 aliphatic carbocycles. The van der Waals surface area contributed by atoms with Gasteiger partial charge < -0.3 is 5.32 Å². The van der Waals surface area contributed by atoms with Gasteiger partial charge in [-0.15, -0.1) is 0 Å². The molecule has 4 rings (SSSR count). The number of hydrogen-bond acceptors (Lipinski definition) is 5. The van der Waals surface area contributed by atoms with Crippen molar-refractivity contribution in [3.8, 4) is 5.69 Å². The van der Waals surface area contributed by atoms with E-state index in [0.29, 0.717) is 32.5 Å². The minimum Gasteiger partial charge on any atom is -0.324 e. The number of thioether (sulfide) groups is 1. The van der Waals surface area contributed by atoms with Crippen molar-refractivity contribution >= 4 is 45.9 Å². The minimum absolute atomic E-state index is 0.0826. The predicted octanol–water partition coefficient (Wildman–Crippen LogP) is 4.47. The molecule has 30 heavy (non-hydrogen) atoms. The summed E-state index contributed by atoms with van der Waals surface area (Å²) in [6, 6.07) is 16.0. The average molecular weight is 437 g/mol. The SMILES string of the molecule is Cc1c(Cl)cccc1-n1c(SCC(=O)Nc2cccnc2)nc2ccccc2c1=O. The van der Waals surface area contributed by atoms with Crippen LogP contribution in [0.2, 0.25) is 5.02 Å². The van der Waals surface area contributed by atoms with Gasteiger partial charge in [0.25, 0.3) is 5.56 Å². The average Bonchev–Trinajstić information content (AvgIpc) is 2.75. The van der Waals surface area contributed by atoms with E-state index in [-0.39, 0.29) is 17.2 Å². The summed E-state index contributed by atoms with van der Waals surface area (Å²) in [6.07, 6.45) is 3.21. The van der Waals surface area contributed by atoms with E-state index in [2.05, 4.69) is 15.3 Å². The van der Waals surface area contributed by atoms with Gasteiger partial charge in [-0.3, -0.25) is 19.1 Å². The lowest BCUT2D eigenvalue weighted by Crippen LogP contribution is -2.23. The Balaban J connectivity index is 1.74. The largest absolute Gasteiger partial charge is 0.324 e. The van der Waals surface area contributed by atoms with E-state index in [0.717, 1.165) is 5.56 Å². The van der Waals surface area contributed by atoms with Crippen LogP contribution < -0.4 is 10.9 Å². The van der Waals surface area contributed by atoms with Crippen molar-refractivity contribution in [3.63, 3.8) is 0 Å². The highest BCUT2D eigenvalue weighted by Crippen LogP contribution is 2.26. The zero-order chi connectivity index (χ0) is 21.1. The maximum Gasteiger partial charge on any atom is 0.266 e. The monoisotopic (exact) mass is 436 g/mol. The number of amides is 1. The Labute approximate surface area is 181 Å². The molecule has 8 heteroatoms. The van der Waals surface area contributed by atoms with Gasteiger partial charge in [-0.25, -0.2) is 4.98 Å². The number of benzene rings is 2. The maximum absolute atomic E-state index is 13.3. The van der Waals surface area contributed by atoms with Gasteiger partial charge in [0.2, 0.25) is 5.91 Å². The molecule has 0 aliphatic rings. The molecule has 1 amide bonds. The number of pyridine rings is 1. The van der Waals surface area contributed by atoms with Crippen molar-refractivity contribution < 1.29 is 4.79 Å². The summed E-state index contributed by atoms with van der Waals surface area (Å²) in [4.78, 5) is 34.3. The third-order valence-corrected chi connectivity index (χ3v) is 5.85. The Morgan fingerprint density at radius 1 is 1.13 bits per heavy atom. The summed E-state index contributed by atoms with van der Waals surface area (Å²) in [5.74, 6) is -0.135. The van der Waals surface area contributed by atoms with Crippen LogP contribution in [0, 0.1) is 6.92 Å². The molecule has 150 valence electrons. The molecule has 0 aliphatic heterocycles. The van der Waals surface area contributed by atoms with Crippen LogP contribution in [0.4, 0.5) is 5.69 Å². The fourth-order valence-electron chi connectivity index (χ4n) is 3.02. The molecule has 0 bridgehead atoms. The van der Waals surface area contributed by atoms with Crippen LogP contribution in [0.1, 0.15) is 5.56 Å². The molecule has 4 aromatic rings.